The molecule has 2 aliphatic heterocycles. The Morgan fingerprint density at radius 1 is 1.13 bits per heavy atom. The van der Waals surface area contributed by atoms with Gasteiger partial charge in [0, 0.05) is 49.2 Å². The molecule has 3 N–H and O–H groups in total. The first-order valence-corrected chi connectivity index (χ1v) is 11.5. The summed E-state index contributed by atoms with van der Waals surface area (Å²) in [5.41, 5.74) is 3.68. The second-order valence-electron chi connectivity index (χ2n) is 9.32. The summed E-state index contributed by atoms with van der Waals surface area (Å²) in [6.45, 7) is 7.86. The van der Waals surface area contributed by atoms with Crippen LogP contribution < -0.4 is 0 Å². The number of alkyl halides is 6. The van der Waals surface area contributed by atoms with E-state index in [1.165, 1.54) is 12.0 Å². The Morgan fingerprint density at radius 2 is 1.72 bits per heavy atom. The third kappa shape index (κ3) is 10.1. The highest BCUT2D eigenvalue weighted by atomic mass is 19.4. The molecule has 16 heteroatoms. The van der Waals surface area contributed by atoms with Gasteiger partial charge in [-0.15, -0.1) is 0 Å². The Bertz CT molecular complexity index is 1050. The molecule has 1 spiro atoms. The summed E-state index contributed by atoms with van der Waals surface area (Å²) in [4.78, 5) is 27.3. The summed E-state index contributed by atoms with van der Waals surface area (Å²) < 4.78 is 69.4. The first-order chi connectivity index (χ1) is 18.0. The van der Waals surface area contributed by atoms with Crippen LogP contribution in [-0.4, -0.2) is 98.3 Å². The zero-order valence-electron chi connectivity index (χ0n) is 21.1. The van der Waals surface area contributed by atoms with E-state index >= 15 is 0 Å². The van der Waals surface area contributed by atoms with Gasteiger partial charge in [-0.3, -0.25) is 19.9 Å². The van der Waals surface area contributed by atoms with Crippen LogP contribution in [0.2, 0.25) is 0 Å². The number of carbonyl (C=O) groups is 2. The van der Waals surface area contributed by atoms with Gasteiger partial charge in [-0.05, 0) is 38.4 Å². The van der Waals surface area contributed by atoms with Crippen LogP contribution in [0.25, 0.3) is 0 Å². The van der Waals surface area contributed by atoms with Gasteiger partial charge >= 0.3 is 24.3 Å². The highest BCUT2D eigenvalue weighted by molar-refractivity contribution is 5.73. The van der Waals surface area contributed by atoms with Crippen LogP contribution in [0.1, 0.15) is 23.4 Å². The molecule has 2 saturated heterocycles. The van der Waals surface area contributed by atoms with Gasteiger partial charge in [0.2, 0.25) is 0 Å². The quantitative estimate of drug-likeness (QED) is 0.449. The number of H-pyrrole nitrogens is 1. The van der Waals surface area contributed by atoms with Crippen LogP contribution >= 0.6 is 0 Å². The number of carboxylic acids is 2. The predicted molar refractivity (Wildman–Crippen MR) is 123 cm³/mol. The molecule has 2 fully saturated rings. The van der Waals surface area contributed by atoms with Gasteiger partial charge in [0.25, 0.3) is 0 Å². The van der Waals surface area contributed by atoms with E-state index in [2.05, 4.69) is 32.0 Å². The number of carboxylic acid groups (broad SMARTS) is 2. The molecule has 2 aromatic heterocycles. The number of halogens is 6. The van der Waals surface area contributed by atoms with Crippen molar-refractivity contribution in [1.29, 1.82) is 0 Å². The second-order valence-corrected chi connectivity index (χ2v) is 9.32. The molecule has 1 atom stereocenters. The molecule has 4 heterocycles. The minimum atomic E-state index is -5.08. The molecule has 0 aliphatic carbocycles. The zero-order chi connectivity index (χ0) is 29.4. The standard InChI is InChI=1S/C19H27N5O.2C2HF3O2/c1-15-4-3-5-18(22-15)12-25-11-16-6-19(23(2)9-16)13-24(14-19)10-17-7-20-21-8-17;2*3-2(4,5)1(6)7/h3-5,7-8,16H,6,9-14H2,1-2H3,(H,20,21);2*(H,6,7). The molecule has 2 aliphatic rings. The van der Waals surface area contributed by atoms with Crippen molar-refractivity contribution in [2.75, 3.05) is 33.3 Å². The SMILES string of the molecule is Cc1cccc(COCC2CN(C)C3(C2)CN(Cc2cn[nH]c2)C3)n1.O=C(O)C(F)(F)F.O=C(O)C(F)(F)F. The van der Waals surface area contributed by atoms with Crippen molar-refractivity contribution in [3.63, 3.8) is 0 Å². The number of pyridine rings is 1. The van der Waals surface area contributed by atoms with Crippen LogP contribution in [-0.2, 0) is 27.5 Å². The van der Waals surface area contributed by atoms with E-state index in [4.69, 9.17) is 24.5 Å². The van der Waals surface area contributed by atoms with Crippen LogP contribution in [0, 0.1) is 12.8 Å². The number of hydrogen-bond donors (Lipinski definition) is 3. The van der Waals surface area contributed by atoms with Crippen molar-refractivity contribution in [3.05, 3.63) is 47.5 Å². The number of hydrogen-bond acceptors (Lipinski definition) is 7. The smallest absolute Gasteiger partial charge is 0.475 e. The number of rotatable bonds is 6. The second kappa shape index (κ2) is 13.2. The number of nitrogens with zero attached hydrogens (tertiary/aromatic N) is 4. The Hall–Kier alpha value is -3.24. The number of likely N-dealkylation sites (N-methyl/N-ethyl adjacent to an activating group) is 1. The zero-order valence-corrected chi connectivity index (χ0v) is 21.1. The average Bonchev–Trinajstić information content (AvgIpc) is 3.41. The number of aromatic amines is 1. The highest BCUT2D eigenvalue weighted by Crippen LogP contribution is 2.40. The number of aryl methyl sites for hydroxylation is 1. The lowest BCUT2D eigenvalue weighted by Gasteiger charge is -2.52. The first-order valence-electron chi connectivity index (χ1n) is 11.5. The fourth-order valence-corrected chi connectivity index (χ4v) is 4.35. The molecule has 0 radical (unpaired) electrons. The van der Waals surface area contributed by atoms with E-state index in [9.17, 15) is 26.3 Å². The third-order valence-corrected chi connectivity index (χ3v) is 6.04. The number of aliphatic carboxylic acids is 2. The van der Waals surface area contributed by atoms with Gasteiger partial charge < -0.3 is 14.9 Å². The van der Waals surface area contributed by atoms with Crippen LogP contribution in [0.4, 0.5) is 26.3 Å². The highest BCUT2D eigenvalue weighted by Gasteiger charge is 2.51. The molecular weight excluding hydrogens is 540 g/mol. The van der Waals surface area contributed by atoms with E-state index < -0.39 is 24.3 Å². The molecule has 2 aromatic rings. The number of aromatic nitrogens is 3. The maximum atomic E-state index is 10.6. The minimum Gasteiger partial charge on any atom is -0.475 e. The lowest BCUT2D eigenvalue weighted by molar-refractivity contribution is -0.193. The molecule has 0 aromatic carbocycles. The van der Waals surface area contributed by atoms with Crippen LogP contribution in [0.5, 0.6) is 0 Å². The van der Waals surface area contributed by atoms with E-state index in [-0.39, 0.29) is 0 Å². The summed E-state index contributed by atoms with van der Waals surface area (Å²) in [5.74, 6) is -4.90. The molecule has 4 rings (SSSR count). The van der Waals surface area contributed by atoms with E-state index in [0.717, 1.165) is 44.2 Å². The Morgan fingerprint density at radius 3 is 2.21 bits per heavy atom. The fourth-order valence-electron chi connectivity index (χ4n) is 4.35. The number of likely N-dealkylation sites (tertiary alicyclic amines) is 2. The molecule has 0 amide bonds. The van der Waals surface area contributed by atoms with Crippen molar-refractivity contribution < 1.29 is 50.9 Å². The summed E-state index contributed by atoms with van der Waals surface area (Å²) in [5, 5.41) is 21.2. The summed E-state index contributed by atoms with van der Waals surface area (Å²) in [7, 11) is 2.26. The molecular formula is C23H29F6N5O5. The Balaban J connectivity index is 0.000000317. The largest absolute Gasteiger partial charge is 0.490 e. The third-order valence-electron chi connectivity index (χ3n) is 6.04. The summed E-state index contributed by atoms with van der Waals surface area (Å²) >= 11 is 0. The van der Waals surface area contributed by atoms with E-state index in [0.29, 0.717) is 18.1 Å². The topological polar surface area (TPSA) is 132 Å². The molecule has 218 valence electrons. The number of nitrogens with one attached hydrogen (secondary N) is 1. The van der Waals surface area contributed by atoms with E-state index in [1.807, 2.05) is 37.5 Å². The van der Waals surface area contributed by atoms with Crippen molar-refractivity contribution in [2.45, 2.75) is 44.4 Å². The average molecular weight is 570 g/mol. The first kappa shape index (κ1) is 32.0. The molecule has 0 saturated carbocycles. The molecule has 0 bridgehead atoms. The van der Waals surface area contributed by atoms with Gasteiger partial charge in [0.15, 0.2) is 0 Å². The fraction of sp³-hybridized carbons (Fsp3) is 0.565. The lowest BCUT2D eigenvalue weighted by atomic mass is 9.84. The van der Waals surface area contributed by atoms with Crippen molar-refractivity contribution in [3.8, 4) is 0 Å². The monoisotopic (exact) mass is 569 g/mol. The molecule has 10 nitrogen and oxygen atoms in total. The maximum absolute atomic E-state index is 10.6. The Kier molecular flexibility index (Phi) is 10.8. The van der Waals surface area contributed by atoms with Crippen LogP contribution in [0.15, 0.2) is 30.6 Å². The van der Waals surface area contributed by atoms with Gasteiger partial charge in [0.05, 0.1) is 25.1 Å². The van der Waals surface area contributed by atoms with Gasteiger partial charge in [-0.1, -0.05) is 6.07 Å². The normalized spacial score (nSPS) is 18.9. The van der Waals surface area contributed by atoms with Crippen molar-refractivity contribution in [2.24, 2.45) is 5.92 Å². The maximum Gasteiger partial charge on any atom is 0.490 e. The minimum absolute atomic E-state index is 0.347. The van der Waals surface area contributed by atoms with Gasteiger partial charge in [-0.2, -0.15) is 31.4 Å². The molecule has 39 heavy (non-hydrogen) atoms. The predicted octanol–water partition coefficient (Wildman–Crippen LogP) is 3.10. The van der Waals surface area contributed by atoms with Crippen molar-refractivity contribution >= 4 is 11.9 Å². The summed E-state index contributed by atoms with van der Waals surface area (Å²) in [6.07, 6.45) is -5.04. The van der Waals surface area contributed by atoms with E-state index in [1.54, 1.807) is 0 Å². The van der Waals surface area contributed by atoms with Gasteiger partial charge in [0.1, 0.15) is 0 Å². The summed E-state index contributed by atoms with van der Waals surface area (Å²) in [6, 6.07) is 6.10. The van der Waals surface area contributed by atoms with Gasteiger partial charge in [-0.25, -0.2) is 9.59 Å². The molecule has 1 unspecified atom stereocenters. The van der Waals surface area contributed by atoms with Crippen molar-refractivity contribution in [1.82, 2.24) is 25.0 Å². The number of ether oxygens (including phenoxy) is 1. The Labute approximate surface area is 219 Å². The van der Waals surface area contributed by atoms with Crippen LogP contribution in [0.3, 0.4) is 0 Å². The lowest BCUT2D eigenvalue weighted by Crippen LogP contribution is -2.66.